The van der Waals surface area contributed by atoms with Crippen LogP contribution >= 0.6 is 0 Å². The number of hydrogen-bond acceptors (Lipinski definition) is 4. The summed E-state index contributed by atoms with van der Waals surface area (Å²) in [6.45, 7) is 0.458. The van der Waals surface area contributed by atoms with Crippen LogP contribution in [0.25, 0.3) is 0 Å². The predicted octanol–water partition coefficient (Wildman–Crippen LogP) is 0.981. The van der Waals surface area contributed by atoms with E-state index in [0.29, 0.717) is 24.4 Å². The summed E-state index contributed by atoms with van der Waals surface area (Å²) in [6, 6.07) is 8.73. The van der Waals surface area contributed by atoms with Crippen molar-refractivity contribution < 1.29 is 8.42 Å². The molecule has 0 unspecified atom stereocenters. The smallest absolute Gasteiger partial charge is 0.285 e. The summed E-state index contributed by atoms with van der Waals surface area (Å²) in [5.74, 6) is 0.413. The Hall–Kier alpha value is -1.87. The average Bonchev–Trinajstić information content (AvgIpc) is 2.59. The molecule has 1 aliphatic rings. The van der Waals surface area contributed by atoms with Crippen LogP contribution in [-0.4, -0.2) is 32.7 Å². The van der Waals surface area contributed by atoms with Crippen molar-refractivity contribution in [2.45, 2.75) is 11.3 Å². The van der Waals surface area contributed by atoms with E-state index in [4.69, 9.17) is 5.26 Å². The van der Waals surface area contributed by atoms with Gasteiger partial charge >= 0.3 is 0 Å². The van der Waals surface area contributed by atoms with Crippen LogP contribution < -0.4 is 0 Å². The Kier molecular flexibility index (Phi) is 2.86. The Bertz CT molecular complexity index is 614. The van der Waals surface area contributed by atoms with Gasteiger partial charge in [0.25, 0.3) is 10.0 Å². The fourth-order valence-corrected chi connectivity index (χ4v) is 2.94. The zero-order valence-corrected chi connectivity index (χ0v) is 10.1. The average molecular weight is 249 g/mol. The Morgan fingerprint density at radius 1 is 1.41 bits per heavy atom. The summed E-state index contributed by atoms with van der Waals surface area (Å²) < 4.78 is 27.3. The Balaban J connectivity index is 2.42. The number of nitriles is 1. The van der Waals surface area contributed by atoms with Gasteiger partial charge in [-0.15, -0.1) is 4.40 Å². The second kappa shape index (κ2) is 4.18. The molecule has 0 amide bonds. The van der Waals surface area contributed by atoms with Crippen molar-refractivity contribution in [3.05, 3.63) is 29.8 Å². The molecule has 2 rings (SSSR count). The largest absolute Gasteiger partial charge is 0.357 e. The summed E-state index contributed by atoms with van der Waals surface area (Å²) in [6.07, 6.45) is 0.331. The molecule has 1 heterocycles. The Labute approximate surface area is 100 Å². The molecule has 6 heteroatoms. The highest BCUT2D eigenvalue weighted by Crippen LogP contribution is 2.26. The van der Waals surface area contributed by atoms with E-state index in [1.165, 1.54) is 0 Å². The van der Waals surface area contributed by atoms with E-state index in [-0.39, 0.29) is 4.90 Å². The van der Waals surface area contributed by atoms with Gasteiger partial charge in [-0.05, 0) is 12.1 Å². The second-order valence-corrected chi connectivity index (χ2v) is 5.29. The minimum Gasteiger partial charge on any atom is -0.357 e. The summed E-state index contributed by atoms with van der Waals surface area (Å²) in [5, 5.41) is 8.52. The first-order chi connectivity index (χ1) is 8.06. The first-order valence-corrected chi connectivity index (χ1v) is 6.53. The van der Waals surface area contributed by atoms with Crippen molar-refractivity contribution in [1.82, 2.24) is 4.90 Å². The maximum atomic E-state index is 11.8. The van der Waals surface area contributed by atoms with Gasteiger partial charge in [-0.1, -0.05) is 12.1 Å². The number of sulfonamides is 1. The van der Waals surface area contributed by atoms with Crippen molar-refractivity contribution in [2.24, 2.45) is 4.40 Å². The van der Waals surface area contributed by atoms with Gasteiger partial charge in [0, 0.05) is 19.2 Å². The van der Waals surface area contributed by atoms with Crippen LogP contribution in [0.5, 0.6) is 0 Å². The van der Waals surface area contributed by atoms with Crippen molar-refractivity contribution >= 4 is 15.9 Å². The lowest BCUT2D eigenvalue weighted by Gasteiger charge is -2.16. The first kappa shape index (κ1) is 11.6. The molecule has 5 nitrogen and oxygen atoms in total. The van der Waals surface area contributed by atoms with Crippen LogP contribution in [0.3, 0.4) is 0 Å². The SMILES string of the molecule is CN(CCC#N)C1=NS(=O)(=O)c2ccccc21. The highest BCUT2D eigenvalue weighted by molar-refractivity contribution is 7.90. The molecule has 88 valence electrons. The lowest BCUT2D eigenvalue weighted by molar-refractivity contribution is 0.517. The van der Waals surface area contributed by atoms with E-state index < -0.39 is 10.0 Å². The third kappa shape index (κ3) is 2.01. The number of fused-ring (bicyclic) bond motifs is 1. The van der Waals surface area contributed by atoms with Crippen molar-refractivity contribution in [1.29, 1.82) is 5.26 Å². The molecule has 0 saturated carbocycles. The first-order valence-electron chi connectivity index (χ1n) is 5.09. The zero-order chi connectivity index (χ0) is 12.5. The van der Waals surface area contributed by atoms with E-state index in [1.807, 2.05) is 6.07 Å². The monoisotopic (exact) mass is 249 g/mol. The van der Waals surface area contributed by atoms with E-state index in [1.54, 1.807) is 36.2 Å². The van der Waals surface area contributed by atoms with E-state index in [9.17, 15) is 8.42 Å². The molecule has 0 atom stereocenters. The molecule has 0 aromatic heterocycles. The van der Waals surface area contributed by atoms with Crippen LogP contribution in [0.2, 0.25) is 0 Å². The zero-order valence-electron chi connectivity index (χ0n) is 9.29. The lowest BCUT2D eigenvalue weighted by Crippen LogP contribution is -2.27. The minimum absolute atomic E-state index is 0.235. The molecule has 17 heavy (non-hydrogen) atoms. The molecule has 0 spiro atoms. The number of benzene rings is 1. The van der Waals surface area contributed by atoms with Crippen LogP contribution in [0, 0.1) is 11.3 Å². The van der Waals surface area contributed by atoms with Crippen LogP contribution in [0.4, 0.5) is 0 Å². The predicted molar refractivity (Wildman–Crippen MR) is 63.0 cm³/mol. The molecule has 0 saturated heterocycles. The topological polar surface area (TPSA) is 73.5 Å². The van der Waals surface area contributed by atoms with Gasteiger partial charge < -0.3 is 4.90 Å². The lowest BCUT2D eigenvalue weighted by atomic mass is 10.2. The molecule has 0 fully saturated rings. The van der Waals surface area contributed by atoms with Crippen molar-refractivity contribution in [2.75, 3.05) is 13.6 Å². The van der Waals surface area contributed by atoms with E-state index in [2.05, 4.69) is 4.40 Å². The molecule has 0 radical (unpaired) electrons. The molecule has 1 aromatic carbocycles. The van der Waals surface area contributed by atoms with Crippen molar-refractivity contribution in [3.8, 4) is 6.07 Å². The van der Waals surface area contributed by atoms with Gasteiger partial charge in [0.15, 0.2) is 5.84 Å². The van der Waals surface area contributed by atoms with E-state index in [0.717, 1.165) is 0 Å². The highest BCUT2D eigenvalue weighted by Gasteiger charge is 2.29. The minimum atomic E-state index is -3.56. The summed E-state index contributed by atoms with van der Waals surface area (Å²) in [7, 11) is -1.83. The van der Waals surface area contributed by atoms with Gasteiger partial charge in [0.2, 0.25) is 0 Å². The second-order valence-electron chi connectivity index (χ2n) is 3.72. The van der Waals surface area contributed by atoms with E-state index >= 15 is 0 Å². The van der Waals surface area contributed by atoms with Crippen LogP contribution in [0.1, 0.15) is 12.0 Å². The standard InChI is InChI=1S/C11H11N3O2S/c1-14(8-4-7-12)11-9-5-2-3-6-10(9)17(15,16)13-11/h2-3,5-6H,4,8H2,1H3. The molecule has 0 aliphatic carbocycles. The van der Waals surface area contributed by atoms with Gasteiger partial charge in [-0.25, -0.2) is 0 Å². The Morgan fingerprint density at radius 3 is 2.82 bits per heavy atom. The maximum absolute atomic E-state index is 11.8. The number of amidine groups is 1. The molecule has 0 bridgehead atoms. The fraction of sp³-hybridized carbons (Fsp3) is 0.273. The third-order valence-corrected chi connectivity index (χ3v) is 3.86. The molecular weight excluding hydrogens is 238 g/mol. The van der Waals surface area contributed by atoms with Gasteiger partial charge in [-0.2, -0.15) is 13.7 Å². The molecule has 1 aromatic rings. The molecular formula is C11H11N3O2S. The molecule has 1 aliphatic heterocycles. The summed E-state index contributed by atoms with van der Waals surface area (Å²) in [4.78, 5) is 1.92. The number of rotatable bonds is 2. The summed E-state index contributed by atoms with van der Waals surface area (Å²) in [5.41, 5.74) is 0.605. The van der Waals surface area contributed by atoms with Gasteiger partial charge in [0.1, 0.15) is 4.90 Å². The normalized spacial score (nSPS) is 15.9. The van der Waals surface area contributed by atoms with Crippen LogP contribution in [-0.2, 0) is 10.0 Å². The van der Waals surface area contributed by atoms with Gasteiger partial charge in [0.05, 0.1) is 12.5 Å². The fourth-order valence-electron chi connectivity index (χ4n) is 1.69. The maximum Gasteiger partial charge on any atom is 0.285 e. The van der Waals surface area contributed by atoms with Crippen molar-refractivity contribution in [3.63, 3.8) is 0 Å². The quantitative estimate of drug-likeness (QED) is 0.783. The molecule has 0 N–H and O–H groups in total. The number of nitrogens with zero attached hydrogens (tertiary/aromatic N) is 3. The third-order valence-electron chi connectivity index (χ3n) is 2.53. The summed E-state index contributed by atoms with van der Waals surface area (Å²) >= 11 is 0. The highest BCUT2D eigenvalue weighted by atomic mass is 32.2. The Morgan fingerprint density at radius 2 is 2.12 bits per heavy atom. The van der Waals surface area contributed by atoms with Crippen LogP contribution in [0.15, 0.2) is 33.6 Å². The number of hydrogen-bond donors (Lipinski definition) is 0. The van der Waals surface area contributed by atoms with Gasteiger partial charge in [-0.3, -0.25) is 0 Å².